The first kappa shape index (κ1) is 12.5. The quantitative estimate of drug-likeness (QED) is 0.865. The van der Waals surface area contributed by atoms with Crippen molar-refractivity contribution in [1.82, 2.24) is 10.3 Å². The van der Waals surface area contributed by atoms with Crippen LogP contribution < -0.4 is 5.32 Å². The van der Waals surface area contributed by atoms with Gasteiger partial charge in [-0.05, 0) is 35.3 Å². The molecule has 0 amide bonds. The molecule has 2 heteroatoms. The highest BCUT2D eigenvalue weighted by Crippen LogP contribution is 2.10. The van der Waals surface area contributed by atoms with E-state index in [1.165, 1.54) is 16.7 Å². The third kappa shape index (κ3) is 3.28. The van der Waals surface area contributed by atoms with E-state index >= 15 is 0 Å². The van der Waals surface area contributed by atoms with Crippen molar-refractivity contribution in [3.8, 4) is 0 Å². The minimum Gasteiger partial charge on any atom is -0.309 e. The maximum Gasteiger partial charge on any atom is 0.0315 e. The number of aromatic nitrogens is 1. The van der Waals surface area contributed by atoms with E-state index in [4.69, 9.17) is 0 Å². The van der Waals surface area contributed by atoms with Crippen molar-refractivity contribution >= 4 is 5.57 Å². The molecular weight excluding hydrogens is 220 g/mol. The molecule has 0 atom stereocenters. The smallest absolute Gasteiger partial charge is 0.0315 e. The van der Waals surface area contributed by atoms with Crippen molar-refractivity contribution in [3.05, 3.63) is 72.1 Å². The Morgan fingerprint density at radius 1 is 1.22 bits per heavy atom. The van der Waals surface area contributed by atoms with Crippen LogP contribution in [0, 0.1) is 6.92 Å². The van der Waals surface area contributed by atoms with Gasteiger partial charge in [-0.2, -0.15) is 0 Å². The number of nitrogens with one attached hydrogen (secondary N) is 1. The molecule has 0 spiro atoms. The van der Waals surface area contributed by atoms with E-state index in [0.29, 0.717) is 0 Å². The number of hydrogen-bond acceptors (Lipinski definition) is 2. The molecule has 0 bridgehead atoms. The first-order chi connectivity index (χ1) is 8.77. The van der Waals surface area contributed by atoms with E-state index < -0.39 is 0 Å². The molecular formula is C16H18N2. The third-order valence-electron chi connectivity index (χ3n) is 2.98. The van der Waals surface area contributed by atoms with Gasteiger partial charge in [0, 0.05) is 25.5 Å². The molecule has 0 fully saturated rings. The van der Waals surface area contributed by atoms with Crippen LogP contribution in [0.15, 0.2) is 55.4 Å². The van der Waals surface area contributed by atoms with Gasteiger partial charge in [0.1, 0.15) is 0 Å². The lowest BCUT2D eigenvalue weighted by molar-refractivity contribution is 0.760. The second kappa shape index (κ2) is 6.12. The lowest BCUT2D eigenvalue weighted by Crippen LogP contribution is -2.16. The van der Waals surface area contributed by atoms with Crippen molar-refractivity contribution < 1.29 is 0 Å². The van der Waals surface area contributed by atoms with Gasteiger partial charge in [0.25, 0.3) is 0 Å². The van der Waals surface area contributed by atoms with Gasteiger partial charge in [-0.1, -0.05) is 36.9 Å². The lowest BCUT2D eigenvalue weighted by Gasteiger charge is -2.09. The standard InChI is InChI=1S/C16H18N2/c1-13-8-9-17-11-16(13)12-18-10-14(2)15-6-4-3-5-7-15/h3-9,11,18H,2,10,12H2,1H3. The second-order valence-corrected chi connectivity index (χ2v) is 4.38. The Balaban J connectivity index is 1.86. The van der Waals surface area contributed by atoms with Crippen LogP contribution in [0.3, 0.4) is 0 Å². The Morgan fingerprint density at radius 3 is 2.72 bits per heavy atom. The molecule has 0 radical (unpaired) electrons. The number of aryl methyl sites for hydroxylation is 1. The summed E-state index contributed by atoms with van der Waals surface area (Å²) >= 11 is 0. The summed E-state index contributed by atoms with van der Waals surface area (Å²) in [4.78, 5) is 4.14. The summed E-state index contributed by atoms with van der Waals surface area (Å²) in [6.45, 7) is 7.82. The fraction of sp³-hybridized carbons (Fsp3) is 0.188. The predicted octanol–water partition coefficient (Wildman–Crippen LogP) is 3.19. The van der Waals surface area contributed by atoms with Gasteiger partial charge in [-0.25, -0.2) is 0 Å². The van der Waals surface area contributed by atoms with Gasteiger partial charge in [-0.15, -0.1) is 0 Å². The van der Waals surface area contributed by atoms with Crippen LogP contribution in [0.1, 0.15) is 16.7 Å². The van der Waals surface area contributed by atoms with Crippen molar-refractivity contribution in [2.24, 2.45) is 0 Å². The summed E-state index contributed by atoms with van der Waals surface area (Å²) in [5.41, 5.74) is 4.80. The SMILES string of the molecule is C=C(CNCc1cnccc1C)c1ccccc1. The Bertz CT molecular complexity index is 518. The zero-order valence-corrected chi connectivity index (χ0v) is 10.7. The zero-order chi connectivity index (χ0) is 12.8. The van der Waals surface area contributed by atoms with Gasteiger partial charge < -0.3 is 5.32 Å². The average Bonchev–Trinajstić information content (AvgIpc) is 2.42. The van der Waals surface area contributed by atoms with Crippen LogP contribution in [-0.2, 0) is 6.54 Å². The van der Waals surface area contributed by atoms with E-state index in [1.807, 2.05) is 36.7 Å². The van der Waals surface area contributed by atoms with E-state index in [2.05, 4.69) is 35.9 Å². The molecule has 0 aliphatic heterocycles. The number of benzene rings is 1. The monoisotopic (exact) mass is 238 g/mol. The van der Waals surface area contributed by atoms with E-state index in [0.717, 1.165) is 18.7 Å². The molecule has 18 heavy (non-hydrogen) atoms. The first-order valence-electron chi connectivity index (χ1n) is 6.11. The number of hydrogen-bond donors (Lipinski definition) is 1. The topological polar surface area (TPSA) is 24.9 Å². The number of pyridine rings is 1. The zero-order valence-electron chi connectivity index (χ0n) is 10.7. The van der Waals surface area contributed by atoms with Crippen LogP contribution in [0.4, 0.5) is 0 Å². The number of nitrogens with zero attached hydrogens (tertiary/aromatic N) is 1. The fourth-order valence-electron chi connectivity index (χ4n) is 1.81. The van der Waals surface area contributed by atoms with Crippen molar-refractivity contribution in [1.29, 1.82) is 0 Å². The van der Waals surface area contributed by atoms with Crippen LogP contribution in [0.5, 0.6) is 0 Å². The predicted molar refractivity (Wildman–Crippen MR) is 76.2 cm³/mol. The molecule has 2 nitrogen and oxygen atoms in total. The van der Waals surface area contributed by atoms with Crippen LogP contribution in [-0.4, -0.2) is 11.5 Å². The van der Waals surface area contributed by atoms with E-state index in [-0.39, 0.29) is 0 Å². The maximum absolute atomic E-state index is 4.14. The Hall–Kier alpha value is -1.93. The molecule has 0 aliphatic carbocycles. The molecule has 0 aliphatic rings. The van der Waals surface area contributed by atoms with E-state index in [1.54, 1.807) is 0 Å². The molecule has 1 heterocycles. The maximum atomic E-state index is 4.14. The number of rotatable bonds is 5. The highest BCUT2D eigenvalue weighted by Gasteiger charge is 2.00. The van der Waals surface area contributed by atoms with Crippen molar-refractivity contribution in [2.45, 2.75) is 13.5 Å². The van der Waals surface area contributed by atoms with Crippen LogP contribution in [0.25, 0.3) is 5.57 Å². The molecule has 0 saturated heterocycles. The summed E-state index contributed by atoms with van der Waals surface area (Å²) in [6.07, 6.45) is 3.73. The summed E-state index contributed by atoms with van der Waals surface area (Å²) < 4.78 is 0. The summed E-state index contributed by atoms with van der Waals surface area (Å²) in [6, 6.07) is 12.3. The Morgan fingerprint density at radius 2 is 2.00 bits per heavy atom. The molecule has 1 aromatic heterocycles. The summed E-state index contributed by atoms with van der Waals surface area (Å²) in [5, 5.41) is 3.40. The molecule has 1 aromatic carbocycles. The molecule has 0 saturated carbocycles. The molecule has 2 aromatic rings. The van der Waals surface area contributed by atoms with Gasteiger partial charge in [0.05, 0.1) is 0 Å². The third-order valence-corrected chi connectivity index (χ3v) is 2.98. The van der Waals surface area contributed by atoms with Gasteiger partial charge in [0.15, 0.2) is 0 Å². The largest absolute Gasteiger partial charge is 0.309 e. The first-order valence-corrected chi connectivity index (χ1v) is 6.11. The minimum atomic E-state index is 0.790. The van der Waals surface area contributed by atoms with Gasteiger partial charge in [0.2, 0.25) is 0 Å². The Kier molecular flexibility index (Phi) is 4.26. The van der Waals surface area contributed by atoms with Crippen LogP contribution in [0.2, 0.25) is 0 Å². The summed E-state index contributed by atoms with van der Waals surface area (Å²) in [5.74, 6) is 0. The molecule has 1 N–H and O–H groups in total. The van der Waals surface area contributed by atoms with Crippen molar-refractivity contribution in [2.75, 3.05) is 6.54 Å². The lowest BCUT2D eigenvalue weighted by atomic mass is 10.1. The molecule has 0 unspecified atom stereocenters. The second-order valence-electron chi connectivity index (χ2n) is 4.38. The highest BCUT2D eigenvalue weighted by atomic mass is 14.9. The van der Waals surface area contributed by atoms with Gasteiger partial charge in [-0.3, -0.25) is 4.98 Å². The summed E-state index contributed by atoms with van der Waals surface area (Å²) in [7, 11) is 0. The fourth-order valence-corrected chi connectivity index (χ4v) is 1.81. The van der Waals surface area contributed by atoms with E-state index in [9.17, 15) is 0 Å². The van der Waals surface area contributed by atoms with Crippen molar-refractivity contribution in [3.63, 3.8) is 0 Å². The normalized spacial score (nSPS) is 10.3. The Labute approximate surface area is 108 Å². The van der Waals surface area contributed by atoms with Crippen LogP contribution >= 0.6 is 0 Å². The average molecular weight is 238 g/mol. The molecule has 92 valence electrons. The van der Waals surface area contributed by atoms with Gasteiger partial charge >= 0.3 is 0 Å². The highest BCUT2D eigenvalue weighted by molar-refractivity contribution is 5.64. The minimum absolute atomic E-state index is 0.790. The molecule has 2 rings (SSSR count).